The predicted molar refractivity (Wildman–Crippen MR) is 100 cm³/mol. The third-order valence-corrected chi connectivity index (χ3v) is 4.77. The first-order valence-corrected chi connectivity index (χ1v) is 9.42. The molecule has 1 heterocycles. The molecule has 1 aromatic heterocycles. The van der Waals surface area contributed by atoms with Crippen molar-refractivity contribution in [2.75, 3.05) is 11.9 Å². The van der Waals surface area contributed by atoms with Crippen molar-refractivity contribution < 1.29 is 19.5 Å². The Balaban J connectivity index is 1.65. The monoisotopic (exact) mass is 379 g/mol. The smallest absolute Gasteiger partial charge is 0.331 e. The average molecular weight is 379 g/mol. The molecular weight excluding hydrogens is 350 g/mol. The highest BCUT2D eigenvalue weighted by Gasteiger charge is 2.30. The lowest BCUT2D eigenvalue weighted by Gasteiger charge is -2.22. The van der Waals surface area contributed by atoms with Crippen molar-refractivity contribution in [3.63, 3.8) is 0 Å². The van der Waals surface area contributed by atoms with Gasteiger partial charge in [0.05, 0.1) is 11.9 Å². The van der Waals surface area contributed by atoms with Crippen molar-refractivity contribution in [3.8, 4) is 0 Å². The summed E-state index contributed by atoms with van der Waals surface area (Å²) in [6.07, 6.45) is 9.28. The summed E-state index contributed by atoms with van der Waals surface area (Å²) in [5, 5.41) is 21.6. The van der Waals surface area contributed by atoms with Crippen LogP contribution in [0, 0.1) is 0 Å². The zero-order chi connectivity index (χ0) is 19.9. The fourth-order valence-corrected chi connectivity index (χ4v) is 2.95. The van der Waals surface area contributed by atoms with Crippen LogP contribution in [0.15, 0.2) is 12.4 Å². The van der Waals surface area contributed by atoms with E-state index in [0.717, 1.165) is 25.7 Å². The number of hydrogen-bond donors (Lipinski definition) is 4. The predicted octanol–water partition coefficient (Wildman–Crippen LogP) is 2.05. The van der Waals surface area contributed by atoms with Gasteiger partial charge in [0.25, 0.3) is 0 Å². The Morgan fingerprint density at radius 1 is 1.26 bits per heavy atom. The van der Waals surface area contributed by atoms with Crippen LogP contribution in [0.1, 0.15) is 58.8 Å². The molecule has 0 aliphatic heterocycles. The lowest BCUT2D eigenvalue weighted by Crippen LogP contribution is -2.43. The maximum absolute atomic E-state index is 12.0. The number of carboxylic acid groups (broad SMARTS) is 1. The van der Waals surface area contributed by atoms with Crippen LogP contribution in [-0.4, -0.2) is 45.4 Å². The fourth-order valence-electron chi connectivity index (χ4n) is 2.95. The number of anilines is 1. The normalized spacial score (nSPS) is 15.2. The van der Waals surface area contributed by atoms with Gasteiger partial charge in [-0.2, -0.15) is 5.10 Å². The molecule has 4 N–H and O–H groups in total. The van der Waals surface area contributed by atoms with E-state index in [-0.39, 0.29) is 24.4 Å². The van der Waals surface area contributed by atoms with Gasteiger partial charge in [-0.15, -0.1) is 0 Å². The van der Waals surface area contributed by atoms with Gasteiger partial charge in [-0.25, -0.2) is 9.59 Å². The van der Waals surface area contributed by atoms with Gasteiger partial charge >= 0.3 is 12.0 Å². The molecule has 0 saturated heterocycles. The van der Waals surface area contributed by atoms with E-state index >= 15 is 0 Å². The van der Waals surface area contributed by atoms with Crippen molar-refractivity contribution in [3.05, 3.63) is 12.4 Å². The molecule has 0 bridgehead atoms. The van der Waals surface area contributed by atoms with Crippen LogP contribution in [0.25, 0.3) is 0 Å². The summed E-state index contributed by atoms with van der Waals surface area (Å²) in [7, 11) is 0. The minimum absolute atomic E-state index is 0.181. The quantitative estimate of drug-likeness (QED) is 0.515. The fraction of sp³-hybridized carbons (Fsp3) is 0.667. The summed E-state index contributed by atoms with van der Waals surface area (Å²) in [6.45, 7) is 3.47. The van der Waals surface area contributed by atoms with Crippen LogP contribution >= 0.6 is 0 Å². The zero-order valence-electron chi connectivity index (χ0n) is 16.0. The number of aliphatic carboxylic acids is 1. The molecule has 1 fully saturated rings. The van der Waals surface area contributed by atoms with Crippen molar-refractivity contribution >= 4 is 23.6 Å². The van der Waals surface area contributed by atoms with Crippen molar-refractivity contribution in [2.45, 2.75) is 70.4 Å². The largest absolute Gasteiger partial charge is 0.479 e. The molecule has 0 atom stereocenters. The minimum Gasteiger partial charge on any atom is -0.479 e. The van der Waals surface area contributed by atoms with Crippen molar-refractivity contribution in [2.24, 2.45) is 0 Å². The maximum atomic E-state index is 12.0. The summed E-state index contributed by atoms with van der Waals surface area (Å²) < 4.78 is 1.29. The number of urea groups is 1. The lowest BCUT2D eigenvalue weighted by atomic mass is 9.96. The Bertz CT molecular complexity index is 664. The van der Waals surface area contributed by atoms with Gasteiger partial charge in [0.2, 0.25) is 5.91 Å². The van der Waals surface area contributed by atoms with Crippen molar-refractivity contribution in [1.82, 2.24) is 20.4 Å². The van der Waals surface area contributed by atoms with Crippen LogP contribution in [0.2, 0.25) is 0 Å². The van der Waals surface area contributed by atoms with Gasteiger partial charge in [-0.05, 0) is 33.1 Å². The summed E-state index contributed by atoms with van der Waals surface area (Å²) in [6, 6.07) is 0.0770. The third kappa shape index (κ3) is 6.26. The Labute approximate surface area is 158 Å². The number of nitrogens with zero attached hydrogens (tertiary/aromatic N) is 2. The van der Waals surface area contributed by atoms with Gasteiger partial charge in [0.1, 0.15) is 0 Å². The van der Waals surface area contributed by atoms with E-state index in [9.17, 15) is 19.5 Å². The number of rotatable bonds is 8. The molecule has 0 aromatic carbocycles. The van der Waals surface area contributed by atoms with Crippen LogP contribution in [-0.2, 0) is 15.1 Å². The molecule has 9 nitrogen and oxygen atoms in total. The highest BCUT2D eigenvalue weighted by molar-refractivity contribution is 5.90. The summed E-state index contributed by atoms with van der Waals surface area (Å²) >= 11 is 0. The van der Waals surface area contributed by atoms with Crippen LogP contribution in [0.3, 0.4) is 0 Å². The Hall–Kier alpha value is -2.58. The van der Waals surface area contributed by atoms with Gasteiger partial charge in [0, 0.05) is 25.2 Å². The van der Waals surface area contributed by atoms with E-state index in [1.54, 1.807) is 0 Å². The molecule has 1 aliphatic rings. The average Bonchev–Trinajstić information content (AvgIpc) is 3.08. The first-order chi connectivity index (χ1) is 12.8. The van der Waals surface area contributed by atoms with E-state index in [4.69, 9.17) is 0 Å². The van der Waals surface area contributed by atoms with Crippen LogP contribution < -0.4 is 16.0 Å². The molecule has 1 aliphatic carbocycles. The Morgan fingerprint density at radius 2 is 1.96 bits per heavy atom. The first kappa shape index (κ1) is 20.7. The number of hydrogen-bond acceptors (Lipinski definition) is 4. The van der Waals surface area contributed by atoms with Gasteiger partial charge < -0.3 is 21.1 Å². The second-order valence-electron chi connectivity index (χ2n) is 7.42. The molecule has 3 amide bonds. The van der Waals surface area contributed by atoms with E-state index in [1.165, 1.54) is 37.3 Å². The Kier molecular flexibility index (Phi) is 7.20. The standard InChI is InChI=1S/C18H29N5O4/c1-18(2,16(25)26)23-12-14(11-20-23)21-15(24)9-6-10-19-17(27)22-13-7-4-3-5-8-13/h11-13H,3-10H2,1-2H3,(H,21,24)(H,25,26)(H2,19,22,27). The number of carbonyl (C=O) groups excluding carboxylic acids is 2. The number of nitrogens with one attached hydrogen (secondary N) is 3. The molecule has 0 radical (unpaired) electrons. The minimum atomic E-state index is -1.20. The molecule has 9 heteroatoms. The maximum Gasteiger partial charge on any atom is 0.331 e. The zero-order valence-corrected chi connectivity index (χ0v) is 16.0. The molecule has 1 aromatic rings. The molecule has 2 rings (SSSR count). The Morgan fingerprint density at radius 3 is 2.63 bits per heavy atom. The second kappa shape index (κ2) is 9.38. The molecular formula is C18H29N5O4. The number of aromatic nitrogens is 2. The first-order valence-electron chi connectivity index (χ1n) is 9.42. The second-order valence-corrected chi connectivity index (χ2v) is 7.42. The van der Waals surface area contributed by atoms with Gasteiger partial charge in [-0.1, -0.05) is 19.3 Å². The van der Waals surface area contributed by atoms with E-state index in [1.807, 2.05) is 0 Å². The van der Waals surface area contributed by atoms with Gasteiger partial charge in [0.15, 0.2) is 5.54 Å². The van der Waals surface area contributed by atoms with Crippen LogP contribution in [0.5, 0.6) is 0 Å². The molecule has 27 heavy (non-hydrogen) atoms. The van der Waals surface area contributed by atoms with Crippen LogP contribution in [0.4, 0.5) is 10.5 Å². The van der Waals surface area contributed by atoms with E-state index in [0.29, 0.717) is 18.7 Å². The summed E-state index contributed by atoms with van der Waals surface area (Å²) in [5.74, 6) is -1.22. The number of carboxylic acids is 1. The van der Waals surface area contributed by atoms with E-state index < -0.39 is 11.5 Å². The third-order valence-electron chi connectivity index (χ3n) is 4.77. The lowest BCUT2D eigenvalue weighted by molar-refractivity contribution is -0.146. The SMILES string of the molecule is CC(C)(C(=O)O)n1cc(NC(=O)CCCNC(=O)NC2CCCCC2)cn1. The molecule has 1 saturated carbocycles. The van der Waals surface area contributed by atoms with Gasteiger partial charge in [-0.3, -0.25) is 9.48 Å². The molecule has 0 unspecified atom stereocenters. The van der Waals surface area contributed by atoms with E-state index in [2.05, 4.69) is 21.0 Å². The molecule has 0 spiro atoms. The molecule has 150 valence electrons. The van der Waals surface area contributed by atoms with Crippen molar-refractivity contribution in [1.29, 1.82) is 0 Å². The summed E-state index contributed by atoms with van der Waals surface area (Å²) in [4.78, 5) is 35.0. The highest BCUT2D eigenvalue weighted by atomic mass is 16.4. The topological polar surface area (TPSA) is 125 Å². The number of carbonyl (C=O) groups is 3. The number of amides is 3. The highest BCUT2D eigenvalue weighted by Crippen LogP contribution is 2.18. The summed E-state index contributed by atoms with van der Waals surface area (Å²) in [5.41, 5.74) is -0.754.